The minimum absolute atomic E-state index is 0.240. The number of pyridine rings is 1. The lowest BCUT2D eigenvalue weighted by Crippen LogP contribution is -2.21. The van der Waals surface area contributed by atoms with Crippen LogP contribution >= 0.6 is 23.8 Å². The molecule has 1 amide bonds. The van der Waals surface area contributed by atoms with Gasteiger partial charge >= 0.3 is 0 Å². The van der Waals surface area contributed by atoms with E-state index in [0.717, 1.165) is 10.9 Å². The number of carbonyl (C=O) groups is 1. The Bertz CT molecular complexity index is 706. The van der Waals surface area contributed by atoms with Crippen molar-refractivity contribution >= 4 is 51.9 Å². The second kappa shape index (κ2) is 4.08. The lowest BCUT2D eigenvalue weighted by atomic mass is 10.2. The third-order valence-electron chi connectivity index (χ3n) is 2.56. The lowest BCUT2D eigenvalue weighted by Gasteiger charge is -1.95. The summed E-state index contributed by atoms with van der Waals surface area (Å²) >= 11 is 10.7. The van der Waals surface area contributed by atoms with Crippen molar-refractivity contribution in [3.05, 3.63) is 34.7 Å². The van der Waals surface area contributed by atoms with E-state index in [1.165, 1.54) is 0 Å². The number of rotatable bonds is 1. The fourth-order valence-corrected chi connectivity index (χ4v) is 2.11. The summed E-state index contributed by atoms with van der Waals surface area (Å²) in [5, 5.41) is 6.91. The monoisotopic (exact) mass is 278 g/mol. The molecule has 1 aliphatic heterocycles. The summed E-state index contributed by atoms with van der Waals surface area (Å²) in [6, 6.07) is 3.55. The van der Waals surface area contributed by atoms with E-state index >= 15 is 0 Å². The fourth-order valence-electron chi connectivity index (χ4n) is 1.76. The zero-order valence-electron chi connectivity index (χ0n) is 8.95. The maximum absolute atomic E-state index is 11.5. The van der Waals surface area contributed by atoms with Crippen molar-refractivity contribution in [3.63, 3.8) is 0 Å². The van der Waals surface area contributed by atoms with Crippen molar-refractivity contribution in [1.82, 2.24) is 20.6 Å². The summed E-state index contributed by atoms with van der Waals surface area (Å²) in [6.07, 6.45) is 3.47. The maximum atomic E-state index is 11.5. The van der Waals surface area contributed by atoms with Gasteiger partial charge in [0.25, 0.3) is 5.91 Å². The van der Waals surface area contributed by atoms with Crippen LogP contribution in [0.15, 0.2) is 24.0 Å². The number of aromatic nitrogens is 2. The van der Waals surface area contributed by atoms with Crippen LogP contribution in [0.3, 0.4) is 0 Å². The van der Waals surface area contributed by atoms with Gasteiger partial charge in [-0.2, -0.15) is 0 Å². The molecule has 3 N–H and O–H groups in total. The Kier molecular flexibility index (Phi) is 2.53. The summed E-state index contributed by atoms with van der Waals surface area (Å²) in [6.45, 7) is 0. The molecule has 18 heavy (non-hydrogen) atoms. The zero-order chi connectivity index (χ0) is 12.7. The first-order valence-electron chi connectivity index (χ1n) is 5.11. The summed E-state index contributed by atoms with van der Waals surface area (Å²) in [5.41, 5.74) is 1.93. The Morgan fingerprint density at radius 2 is 2.17 bits per heavy atom. The Hall–Kier alpha value is -1.92. The molecule has 90 valence electrons. The molecule has 0 aliphatic carbocycles. The first kappa shape index (κ1) is 11.2. The number of aromatic amines is 1. The van der Waals surface area contributed by atoms with Crippen molar-refractivity contribution in [2.75, 3.05) is 0 Å². The fraction of sp³-hybridized carbons (Fsp3) is 0. The summed E-state index contributed by atoms with van der Waals surface area (Å²) in [5.74, 6) is -0.240. The number of halogens is 1. The molecule has 1 saturated heterocycles. The summed E-state index contributed by atoms with van der Waals surface area (Å²) < 4.78 is 0. The van der Waals surface area contributed by atoms with Crippen molar-refractivity contribution in [3.8, 4) is 0 Å². The predicted molar refractivity (Wildman–Crippen MR) is 73.0 cm³/mol. The molecule has 1 aliphatic rings. The molecule has 2 aromatic rings. The zero-order valence-corrected chi connectivity index (χ0v) is 10.5. The average Bonchev–Trinajstić information content (AvgIpc) is 2.84. The van der Waals surface area contributed by atoms with Crippen LogP contribution in [0.4, 0.5) is 0 Å². The Morgan fingerprint density at radius 1 is 1.33 bits per heavy atom. The number of carbonyl (C=O) groups excluding carboxylic acids is 1. The lowest BCUT2D eigenvalue weighted by molar-refractivity contribution is -0.115. The van der Waals surface area contributed by atoms with Crippen LogP contribution in [-0.2, 0) is 4.79 Å². The number of nitrogens with one attached hydrogen (secondary N) is 3. The number of hydrogen-bond acceptors (Lipinski definition) is 3. The Morgan fingerprint density at radius 3 is 2.89 bits per heavy atom. The summed E-state index contributed by atoms with van der Waals surface area (Å²) in [7, 11) is 0. The quantitative estimate of drug-likeness (QED) is 0.421. The molecule has 0 atom stereocenters. The van der Waals surface area contributed by atoms with E-state index in [-0.39, 0.29) is 5.91 Å². The molecule has 0 spiro atoms. The molecule has 0 aromatic carbocycles. The topological polar surface area (TPSA) is 69.8 Å². The number of thiocarbonyl (C=S) groups is 1. The van der Waals surface area contributed by atoms with Crippen molar-refractivity contribution in [2.24, 2.45) is 0 Å². The molecule has 0 radical (unpaired) electrons. The predicted octanol–water partition coefficient (Wildman–Crippen LogP) is 1.56. The molecule has 0 bridgehead atoms. The van der Waals surface area contributed by atoms with Gasteiger partial charge in [-0.1, -0.05) is 11.6 Å². The number of fused-ring (bicyclic) bond motifs is 1. The first-order valence-corrected chi connectivity index (χ1v) is 5.90. The second-order valence-corrected chi connectivity index (χ2v) is 4.54. The SMILES string of the molecule is O=C1NC(=S)NC1=Cc1c[nH]c2nc(Cl)ccc12. The van der Waals surface area contributed by atoms with Gasteiger partial charge in [-0.25, -0.2) is 4.98 Å². The standard InChI is InChI=1S/C11H7ClN4OS/c12-8-2-1-6-5(4-13-9(6)15-8)3-7-10(17)16-11(18)14-7/h1-4H,(H,13,15)(H2,14,16,17,18). The van der Waals surface area contributed by atoms with E-state index in [4.69, 9.17) is 23.8 Å². The van der Waals surface area contributed by atoms with E-state index in [0.29, 0.717) is 21.6 Å². The third kappa shape index (κ3) is 1.85. The molecule has 1 fully saturated rings. The Labute approximate surface area is 112 Å². The van der Waals surface area contributed by atoms with Gasteiger partial charge < -0.3 is 10.3 Å². The van der Waals surface area contributed by atoms with Crippen LogP contribution in [-0.4, -0.2) is 21.0 Å². The summed E-state index contributed by atoms with van der Waals surface area (Å²) in [4.78, 5) is 18.7. The van der Waals surface area contributed by atoms with Gasteiger partial charge in [-0.3, -0.25) is 10.1 Å². The van der Waals surface area contributed by atoms with Gasteiger partial charge in [0.05, 0.1) is 0 Å². The minimum Gasteiger partial charge on any atom is -0.345 e. The highest BCUT2D eigenvalue weighted by Crippen LogP contribution is 2.21. The molecular formula is C11H7ClN4OS. The van der Waals surface area contributed by atoms with Crippen molar-refractivity contribution in [2.45, 2.75) is 0 Å². The van der Waals surface area contributed by atoms with E-state index in [1.807, 2.05) is 6.07 Å². The highest BCUT2D eigenvalue weighted by atomic mass is 35.5. The van der Waals surface area contributed by atoms with Crippen molar-refractivity contribution < 1.29 is 4.79 Å². The number of nitrogens with zero attached hydrogens (tertiary/aromatic N) is 1. The Balaban J connectivity index is 2.08. The van der Waals surface area contributed by atoms with Gasteiger partial charge in [0.1, 0.15) is 16.5 Å². The number of H-pyrrole nitrogens is 1. The van der Waals surface area contributed by atoms with Crippen LogP contribution in [0, 0.1) is 0 Å². The van der Waals surface area contributed by atoms with Gasteiger partial charge in [0.15, 0.2) is 5.11 Å². The van der Waals surface area contributed by atoms with E-state index in [9.17, 15) is 4.79 Å². The molecule has 7 heteroatoms. The number of hydrogen-bond donors (Lipinski definition) is 3. The van der Waals surface area contributed by atoms with Gasteiger partial charge in [-0.05, 0) is 30.4 Å². The van der Waals surface area contributed by atoms with Gasteiger partial charge in [-0.15, -0.1) is 0 Å². The smallest absolute Gasteiger partial charge is 0.273 e. The normalized spacial score (nSPS) is 17.3. The minimum atomic E-state index is -0.240. The van der Waals surface area contributed by atoms with Crippen LogP contribution < -0.4 is 10.6 Å². The van der Waals surface area contributed by atoms with Gasteiger partial charge in [0, 0.05) is 17.1 Å². The van der Waals surface area contributed by atoms with E-state index in [1.54, 1.807) is 18.3 Å². The van der Waals surface area contributed by atoms with Crippen molar-refractivity contribution in [1.29, 1.82) is 0 Å². The molecular weight excluding hydrogens is 272 g/mol. The van der Waals surface area contributed by atoms with E-state index < -0.39 is 0 Å². The highest BCUT2D eigenvalue weighted by molar-refractivity contribution is 7.80. The number of amides is 1. The molecule has 0 saturated carbocycles. The first-order chi connectivity index (χ1) is 8.63. The molecule has 2 aromatic heterocycles. The largest absolute Gasteiger partial charge is 0.345 e. The van der Waals surface area contributed by atoms with Crippen LogP contribution in [0.2, 0.25) is 5.15 Å². The molecule has 0 unspecified atom stereocenters. The molecule has 3 rings (SSSR count). The van der Waals surface area contributed by atoms with E-state index in [2.05, 4.69) is 20.6 Å². The van der Waals surface area contributed by atoms with Crippen LogP contribution in [0.25, 0.3) is 17.1 Å². The highest BCUT2D eigenvalue weighted by Gasteiger charge is 2.20. The van der Waals surface area contributed by atoms with Gasteiger partial charge in [0.2, 0.25) is 0 Å². The third-order valence-corrected chi connectivity index (χ3v) is 2.97. The van der Waals surface area contributed by atoms with Crippen LogP contribution in [0.1, 0.15) is 5.56 Å². The molecule has 5 nitrogen and oxygen atoms in total. The maximum Gasteiger partial charge on any atom is 0.273 e. The van der Waals surface area contributed by atoms with Crippen LogP contribution in [0.5, 0.6) is 0 Å². The molecule has 3 heterocycles. The second-order valence-electron chi connectivity index (χ2n) is 3.74. The average molecular weight is 279 g/mol.